The number of sulfonamides is 1. The van der Waals surface area contributed by atoms with Crippen molar-refractivity contribution in [2.45, 2.75) is 10.9 Å². The van der Waals surface area contributed by atoms with Gasteiger partial charge in [-0.05, 0) is 12.1 Å². The van der Waals surface area contributed by atoms with Crippen LogP contribution in [0, 0.1) is 0 Å². The molecule has 0 saturated carbocycles. The summed E-state index contributed by atoms with van der Waals surface area (Å²) < 4.78 is 36.2. The first-order valence-electron chi connectivity index (χ1n) is 7.33. The zero-order valence-electron chi connectivity index (χ0n) is 13.5. The van der Waals surface area contributed by atoms with Crippen molar-refractivity contribution in [2.75, 3.05) is 40.5 Å². The first kappa shape index (κ1) is 18.4. The Bertz CT molecular complexity index is 691. The van der Waals surface area contributed by atoms with Crippen LogP contribution in [0.15, 0.2) is 35.2 Å². The lowest BCUT2D eigenvalue weighted by atomic mass is 10.2. The van der Waals surface area contributed by atoms with Crippen LogP contribution in [0.4, 0.5) is 0 Å². The Labute approximate surface area is 141 Å². The third-order valence-electron chi connectivity index (χ3n) is 3.77. The summed E-state index contributed by atoms with van der Waals surface area (Å²) in [7, 11) is -1.28. The number of carbonyl (C=O) groups excluding carboxylic acids is 2. The zero-order chi connectivity index (χ0) is 17.7. The average molecular weight is 356 g/mol. The van der Waals surface area contributed by atoms with E-state index in [4.69, 9.17) is 9.47 Å². The molecule has 1 heterocycles. The summed E-state index contributed by atoms with van der Waals surface area (Å²) in [5.41, 5.74) is 0. The van der Waals surface area contributed by atoms with Crippen LogP contribution in [0.25, 0.3) is 0 Å². The molecule has 1 aliphatic heterocycles. The molecule has 24 heavy (non-hydrogen) atoms. The average Bonchev–Trinajstić information content (AvgIpc) is 2.61. The second-order valence-corrected chi connectivity index (χ2v) is 7.13. The Kier molecular flexibility index (Phi) is 5.92. The van der Waals surface area contributed by atoms with E-state index in [1.165, 1.54) is 31.3 Å². The minimum absolute atomic E-state index is 0.00640. The van der Waals surface area contributed by atoms with E-state index >= 15 is 0 Å². The number of methoxy groups -OCH3 is 2. The third kappa shape index (κ3) is 3.74. The van der Waals surface area contributed by atoms with E-state index in [-0.39, 0.29) is 37.0 Å². The summed E-state index contributed by atoms with van der Waals surface area (Å²) in [6.45, 7) is -0.00550. The highest BCUT2D eigenvalue weighted by atomic mass is 32.2. The summed E-state index contributed by atoms with van der Waals surface area (Å²) >= 11 is 0. The lowest BCUT2D eigenvalue weighted by Crippen LogP contribution is -2.59. The summed E-state index contributed by atoms with van der Waals surface area (Å²) in [6, 6.07) is 6.77. The predicted octanol–water partition coefficient (Wildman–Crippen LogP) is -0.292. The van der Waals surface area contributed by atoms with Crippen molar-refractivity contribution in [2.24, 2.45) is 0 Å². The molecular weight excluding hydrogens is 336 g/mol. The largest absolute Gasteiger partial charge is 0.468 e. The third-order valence-corrected chi connectivity index (χ3v) is 5.70. The number of amides is 1. The van der Waals surface area contributed by atoms with E-state index in [1.807, 2.05) is 0 Å². The molecule has 8 nitrogen and oxygen atoms in total. The van der Waals surface area contributed by atoms with Gasteiger partial charge in [0.2, 0.25) is 15.9 Å². The monoisotopic (exact) mass is 356 g/mol. The zero-order valence-corrected chi connectivity index (χ0v) is 14.4. The molecule has 0 aliphatic carbocycles. The van der Waals surface area contributed by atoms with Crippen LogP contribution in [0.5, 0.6) is 0 Å². The van der Waals surface area contributed by atoms with Gasteiger partial charge in [-0.2, -0.15) is 4.31 Å². The molecule has 1 aliphatic rings. The van der Waals surface area contributed by atoms with Gasteiger partial charge in [-0.25, -0.2) is 8.42 Å². The van der Waals surface area contributed by atoms with Crippen molar-refractivity contribution in [3.05, 3.63) is 30.3 Å². The predicted molar refractivity (Wildman–Crippen MR) is 84.6 cm³/mol. The number of nitrogens with zero attached hydrogens (tertiary/aromatic N) is 2. The summed E-state index contributed by atoms with van der Waals surface area (Å²) in [4.78, 5) is 25.5. The topological polar surface area (TPSA) is 93.2 Å². The fourth-order valence-electron chi connectivity index (χ4n) is 2.55. The molecule has 1 saturated heterocycles. The van der Waals surface area contributed by atoms with Crippen LogP contribution in [0.1, 0.15) is 0 Å². The molecule has 1 fully saturated rings. The molecule has 0 N–H and O–H groups in total. The van der Waals surface area contributed by atoms with Crippen molar-refractivity contribution < 1.29 is 27.5 Å². The maximum atomic E-state index is 12.8. The minimum atomic E-state index is -3.86. The van der Waals surface area contributed by atoms with Gasteiger partial charge in [-0.1, -0.05) is 18.2 Å². The van der Waals surface area contributed by atoms with Gasteiger partial charge in [0.25, 0.3) is 0 Å². The molecule has 0 bridgehead atoms. The lowest BCUT2D eigenvalue weighted by Gasteiger charge is -2.38. The number of benzene rings is 1. The van der Waals surface area contributed by atoms with Gasteiger partial charge in [-0.3, -0.25) is 9.59 Å². The van der Waals surface area contributed by atoms with E-state index in [0.717, 1.165) is 4.31 Å². The Morgan fingerprint density at radius 2 is 1.83 bits per heavy atom. The van der Waals surface area contributed by atoms with Crippen molar-refractivity contribution in [3.8, 4) is 0 Å². The number of carbonyl (C=O) groups is 2. The fraction of sp³-hybridized carbons (Fsp3) is 0.467. The van der Waals surface area contributed by atoms with Crippen LogP contribution in [-0.4, -0.2) is 76.0 Å². The van der Waals surface area contributed by atoms with Crippen molar-refractivity contribution in [1.82, 2.24) is 9.21 Å². The highest BCUT2D eigenvalue weighted by Gasteiger charge is 2.41. The maximum Gasteiger partial charge on any atom is 0.326 e. The molecule has 132 valence electrons. The first-order chi connectivity index (χ1) is 11.4. The number of rotatable bonds is 5. The lowest BCUT2D eigenvalue weighted by molar-refractivity contribution is -0.149. The number of ether oxygens (including phenoxy) is 2. The number of esters is 1. The van der Waals surface area contributed by atoms with E-state index in [2.05, 4.69) is 0 Å². The second-order valence-electron chi connectivity index (χ2n) is 5.24. The molecule has 1 aromatic rings. The Morgan fingerprint density at radius 1 is 1.17 bits per heavy atom. The molecule has 1 amide bonds. The van der Waals surface area contributed by atoms with E-state index in [0.29, 0.717) is 0 Å². The highest BCUT2D eigenvalue weighted by molar-refractivity contribution is 7.89. The van der Waals surface area contributed by atoms with E-state index in [9.17, 15) is 18.0 Å². The normalized spacial score (nSPS) is 19.1. The SMILES string of the molecule is COCC(=O)N1CCN(S(=O)(=O)c2ccccc2)C(C(=O)OC)C1. The van der Waals surface area contributed by atoms with Gasteiger partial charge in [-0.15, -0.1) is 0 Å². The molecule has 9 heteroatoms. The van der Waals surface area contributed by atoms with Gasteiger partial charge >= 0.3 is 5.97 Å². The smallest absolute Gasteiger partial charge is 0.326 e. The molecule has 0 aromatic heterocycles. The summed E-state index contributed by atoms with van der Waals surface area (Å²) in [5.74, 6) is -1.01. The Hall–Kier alpha value is -1.97. The van der Waals surface area contributed by atoms with Gasteiger partial charge in [0.1, 0.15) is 12.6 Å². The van der Waals surface area contributed by atoms with Crippen LogP contribution < -0.4 is 0 Å². The minimum Gasteiger partial charge on any atom is -0.468 e. The number of piperazine rings is 1. The quantitative estimate of drug-likeness (QED) is 0.673. The second kappa shape index (κ2) is 7.73. The molecule has 0 radical (unpaired) electrons. The van der Waals surface area contributed by atoms with Crippen LogP contribution in [0.2, 0.25) is 0 Å². The van der Waals surface area contributed by atoms with Gasteiger partial charge in [0.05, 0.1) is 12.0 Å². The summed E-state index contributed by atoms with van der Waals surface area (Å²) in [6.07, 6.45) is 0. The van der Waals surface area contributed by atoms with Crippen LogP contribution in [-0.2, 0) is 29.1 Å². The molecule has 1 aromatic carbocycles. The number of hydrogen-bond donors (Lipinski definition) is 0. The van der Waals surface area contributed by atoms with Gasteiger partial charge < -0.3 is 14.4 Å². The number of hydrogen-bond acceptors (Lipinski definition) is 6. The highest BCUT2D eigenvalue weighted by Crippen LogP contribution is 2.22. The molecule has 2 rings (SSSR count). The molecule has 0 spiro atoms. The summed E-state index contributed by atoms with van der Waals surface area (Å²) in [5, 5.41) is 0. The maximum absolute atomic E-state index is 12.8. The Balaban J connectivity index is 2.29. The first-order valence-corrected chi connectivity index (χ1v) is 8.77. The standard InChI is InChI=1S/C15H20N2O6S/c1-22-11-14(18)16-8-9-17(13(10-16)15(19)23-2)24(20,21)12-6-4-3-5-7-12/h3-7,13H,8-11H2,1-2H3. The molecular formula is C15H20N2O6S. The van der Waals surface area contributed by atoms with Crippen molar-refractivity contribution >= 4 is 21.9 Å². The van der Waals surface area contributed by atoms with Gasteiger partial charge in [0, 0.05) is 26.7 Å². The fourth-order valence-corrected chi connectivity index (χ4v) is 4.13. The van der Waals surface area contributed by atoms with Crippen molar-refractivity contribution in [3.63, 3.8) is 0 Å². The van der Waals surface area contributed by atoms with Gasteiger partial charge in [0.15, 0.2) is 0 Å². The van der Waals surface area contributed by atoms with Crippen molar-refractivity contribution in [1.29, 1.82) is 0 Å². The van der Waals surface area contributed by atoms with Crippen LogP contribution >= 0.6 is 0 Å². The molecule has 1 atom stereocenters. The van der Waals surface area contributed by atoms with Crippen LogP contribution in [0.3, 0.4) is 0 Å². The van der Waals surface area contributed by atoms with E-state index < -0.39 is 22.0 Å². The van der Waals surface area contributed by atoms with E-state index in [1.54, 1.807) is 18.2 Å². The Morgan fingerprint density at radius 3 is 2.42 bits per heavy atom. The molecule has 1 unspecified atom stereocenters.